The van der Waals surface area contributed by atoms with Crippen LogP contribution in [-0.4, -0.2) is 75.4 Å². The van der Waals surface area contributed by atoms with Gasteiger partial charge in [0.2, 0.25) is 0 Å². The van der Waals surface area contributed by atoms with Crippen LogP contribution in [0.4, 0.5) is 5.69 Å². The summed E-state index contributed by atoms with van der Waals surface area (Å²) in [5, 5.41) is 31.5. The number of aromatic nitrogens is 3. The van der Waals surface area contributed by atoms with E-state index in [0.29, 0.717) is 34.3 Å². The number of nitrogens with two attached hydrogens (primary N) is 2. The zero-order valence-corrected chi connectivity index (χ0v) is 29.1. The maximum atomic E-state index is 11.2. The molecule has 2 atom stereocenters. The van der Waals surface area contributed by atoms with Crippen LogP contribution in [0.2, 0.25) is 0 Å². The monoisotopic (exact) mass is 702 g/mol. The fourth-order valence-electron chi connectivity index (χ4n) is 5.89. The zero-order chi connectivity index (χ0) is 37.6. The Morgan fingerprint density at radius 2 is 1.25 bits per heavy atom. The number of hydrogen-bond acceptors (Lipinski definition) is 9. The number of carboxylic acid groups (broad SMARTS) is 2. The van der Waals surface area contributed by atoms with Gasteiger partial charge in [-0.15, -0.1) is 0 Å². The molecule has 6 aromatic rings. The number of aryl methyl sites for hydroxylation is 3. The summed E-state index contributed by atoms with van der Waals surface area (Å²) in [7, 11) is 4.75. The van der Waals surface area contributed by atoms with Crippen LogP contribution in [0.25, 0.3) is 32.7 Å². The number of rotatable bonds is 10. The van der Waals surface area contributed by atoms with Gasteiger partial charge in [-0.3, -0.25) is 19.7 Å². The third kappa shape index (κ3) is 8.22. The second-order valence-corrected chi connectivity index (χ2v) is 11.8. The number of nitro groups is 1. The molecule has 0 saturated carbocycles. The molecule has 3 aromatic carbocycles. The normalized spacial score (nSPS) is 12.0. The maximum Gasteiger partial charge on any atom is 0.320 e. The number of hydrogen-bond donors (Lipinski definition) is 7. The first-order chi connectivity index (χ1) is 24.2. The molecule has 3 aromatic heterocycles. The molecule has 15 nitrogen and oxygen atoms in total. The van der Waals surface area contributed by atoms with Crippen molar-refractivity contribution in [3.63, 3.8) is 0 Å². The number of nitrogens with one attached hydrogen (secondary N) is 3. The average molecular weight is 703 g/mol. The molecule has 15 heteroatoms. The smallest absolute Gasteiger partial charge is 0.320 e. The Hall–Kier alpha value is -6.06. The Morgan fingerprint density at radius 1 is 0.745 bits per heavy atom. The van der Waals surface area contributed by atoms with Gasteiger partial charge >= 0.3 is 11.9 Å². The Morgan fingerprint density at radius 3 is 1.82 bits per heavy atom. The number of methoxy groups -OCH3 is 3. The van der Waals surface area contributed by atoms with Gasteiger partial charge in [0.05, 0.1) is 48.2 Å². The van der Waals surface area contributed by atoms with Gasteiger partial charge in [-0.1, -0.05) is 24.3 Å². The second-order valence-electron chi connectivity index (χ2n) is 11.8. The van der Waals surface area contributed by atoms with Crippen LogP contribution < -0.4 is 25.7 Å². The van der Waals surface area contributed by atoms with Crippen molar-refractivity contribution in [2.75, 3.05) is 21.3 Å². The van der Waals surface area contributed by atoms with Crippen molar-refractivity contribution in [1.82, 2.24) is 15.0 Å². The Balaban J connectivity index is 0.000000177. The lowest BCUT2D eigenvalue weighted by atomic mass is 10.0. The van der Waals surface area contributed by atoms with Crippen LogP contribution in [0, 0.1) is 30.9 Å². The lowest BCUT2D eigenvalue weighted by Gasteiger charge is -2.07. The highest BCUT2D eigenvalue weighted by Crippen LogP contribution is 2.37. The molecule has 51 heavy (non-hydrogen) atoms. The summed E-state index contributed by atoms with van der Waals surface area (Å²) in [6.45, 7) is 5.66. The van der Waals surface area contributed by atoms with Crippen molar-refractivity contribution in [1.29, 1.82) is 0 Å². The van der Waals surface area contributed by atoms with Gasteiger partial charge in [0.15, 0.2) is 0 Å². The maximum absolute atomic E-state index is 11.2. The first-order valence-electron chi connectivity index (χ1n) is 15.8. The molecule has 270 valence electrons. The summed E-state index contributed by atoms with van der Waals surface area (Å²) in [6.07, 6.45) is 0.295. The molecule has 0 amide bonds. The highest BCUT2D eigenvalue weighted by molar-refractivity contribution is 5.97. The summed E-state index contributed by atoms with van der Waals surface area (Å²) in [5.74, 6) is -0.0545. The van der Waals surface area contributed by atoms with Crippen molar-refractivity contribution in [2.45, 2.75) is 45.7 Å². The van der Waals surface area contributed by atoms with E-state index in [1.54, 1.807) is 21.1 Å². The van der Waals surface area contributed by atoms with Gasteiger partial charge in [0.25, 0.3) is 5.69 Å². The molecule has 0 aliphatic rings. The van der Waals surface area contributed by atoms with Crippen molar-refractivity contribution in [3.8, 4) is 17.2 Å². The Kier molecular flexibility index (Phi) is 11.9. The SMILES string of the molecule is COc1ccc([N+](=O)[O-])c2c(CC(N)C(=O)O)c(C)[nH]c12.COc1cccc2c(CC(N)C(=O)O)c(C)[nH]c12.COc1cccc2cc(C)[nH]c12. The predicted molar refractivity (Wildman–Crippen MR) is 194 cm³/mol. The van der Waals surface area contributed by atoms with Crippen LogP contribution in [0.3, 0.4) is 0 Å². The standard InChI is InChI=1S/C13H15N3O5.C13H16N2O3.C10H11NO/c1-6-7(5-8(14)13(17)18)11-9(16(19)20)3-4-10(21-2)12(11)15-6;1-7-9(6-10(14)13(16)17)8-4-3-5-11(18-2)12(8)15-7;1-7-6-8-4-3-5-9(12-2)10(8)11-7/h3-4,8,15H,5,14H2,1-2H3,(H,17,18);3-5,10,15H,6,14H2,1-2H3,(H,16,17);3-6,11H,1-2H3. The van der Waals surface area contributed by atoms with E-state index in [9.17, 15) is 19.7 Å². The average Bonchev–Trinajstić information content (AvgIpc) is 3.75. The molecule has 0 aliphatic carbocycles. The highest BCUT2D eigenvalue weighted by atomic mass is 16.6. The molecule has 0 bridgehead atoms. The van der Waals surface area contributed by atoms with E-state index < -0.39 is 28.9 Å². The molecule has 0 aliphatic heterocycles. The molecular formula is C36H42N6O9. The number of H-pyrrole nitrogens is 3. The van der Waals surface area contributed by atoms with E-state index in [2.05, 4.69) is 27.1 Å². The number of aromatic amines is 3. The topological polar surface area (TPSA) is 245 Å². The molecule has 6 rings (SSSR count). The van der Waals surface area contributed by atoms with Crippen LogP contribution >= 0.6 is 0 Å². The van der Waals surface area contributed by atoms with E-state index in [1.165, 1.54) is 24.6 Å². The summed E-state index contributed by atoms with van der Waals surface area (Å²) >= 11 is 0. The van der Waals surface area contributed by atoms with E-state index in [0.717, 1.165) is 44.9 Å². The number of benzene rings is 3. The number of fused-ring (bicyclic) bond motifs is 3. The number of non-ortho nitro benzene ring substituents is 1. The van der Waals surface area contributed by atoms with Gasteiger partial charge in [-0.2, -0.15) is 0 Å². The lowest BCUT2D eigenvalue weighted by molar-refractivity contribution is -0.383. The number of para-hydroxylation sites is 2. The minimum atomic E-state index is -1.16. The minimum Gasteiger partial charge on any atom is -0.495 e. The number of nitrogens with zero attached hydrogens (tertiary/aromatic N) is 1. The molecule has 0 saturated heterocycles. The third-order valence-electron chi connectivity index (χ3n) is 8.42. The number of nitro benzene ring substituents is 1. The van der Waals surface area contributed by atoms with Gasteiger partial charge in [0.1, 0.15) is 29.3 Å². The Labute approximate surface area is 292 Å². The summed E-state index contributed by atoms with van der Waals surface area (Å²) in [6, 6.07) is 14.6. The predicted octanol–water partition coefficient (Wildman–Crippen LogP) is 5.27. The second kappa shape index (κ2) is 16.1. The Bertz CT molecular complexity index is 2200. The van der Waals surface area contributed by atoms with Crippen molar-refractivity contribution in [2.24, 2.45) is 11.5 Å². The minimum absolute atomic E-state index is 0.00479. The van der Waals surface area contributed by atoms with E-state index in [-0.39, 0.29) is 12.1 Å². The van der Waals surface area contributed by atoms with Crippen molar-refractivity contribution < 1.29 is 38.9 Å². The number of aliphatic carboxylic acids is 2. The molecular weight excluding hydrogens is 660 g/mol. The van der Waals surface area contributed by atoms with Crippen LogP contribution in [0.5, 0.6) is 17.2 Å². The zero-order valence-electron chi connectivity index (χ0n) is 29.1. The number of ether oxygens (including phenoxy) is 3. The summed E-state index contributed by atoms with van der Waals surface area (Å²) in [5.41, 5.74) is 17.6. The lowest BCUT2D eigenvalue weighted by Crippen LogP contribution is -2.32. The molecule has 0 radical (unpaired) electrons. The first kappa shape index (κ1) is 37.8. The quantitative estimate of drug-likeness (QED) is 0.0716. The largest absolute Gasteiger partial charge is 0.495 e. The van der Waals surface area contributed by atoms with E-state index >= 15 is 0 Å². The molecule has 0 spiro atoms. The van der Waals surface area contributed by atoms with Crippen LogP contribution in [-0.2, 0) is 22.4 Å². The van der Waals surface area contributed by atoms with Gasteiger partial charge < -0.3 is 50.8 Å². The van der Waals surface area contributed by atoms with E-state index in [4.69, 9.17) is 35.9 Å². The van der Waals surface area contributed by atoms with E-state index in [1.807, 2.05) is 44.2 Å². The fourth-order valence-corrected chi connectivity index (χ4v) is 5.89. The third-order valence-corrected chi connectivity index (χ3v) is 8.42. The number of carbonyl (C=O) groups is 2. The molecule has 9 N–H and O–H groups in total. The van der Waals surface area contributed by atoms with Crippen molar-refractivity contribution >= 4 is 50.3 Å². The molecule has 0 fully saturated rings. The van der Waals surface area contributed by atoms with Crippen molar-refractivity contribution in [3.05, 3.63) is 92.9 Å². The summed E-state index contributed by atoms with van der Waals surface area (Å²) < 4.78 is 15.7. The molecule has 3 heterocycles. The van der Waals surface area contributed by atoms with Crippen LogP contribution in [0.1, 0.15) is 28.2 Å². The van der Waals surface area contributed by atoms with Gasteiger partial charge in [-0.05, 0) is 56.2 Å². The van der Waals surface area contributed by atoms with Crippen LogP contribution in [0.15, 0.2) is 54.6 Å². The highest BCUT2D eigenvalue weighted by Gasteiger charge is 2.25. The summed E-state index contributed by atoms with van der Waals surface area (Å²) in [4.78, 5) is 41.9. The van der Waals surface area contributed by atoms with Gasteiger partial charge in [0, 0.05) is 46.8 Å². The first-order valence-corrected chi connectivity index (χ1v) is 15.8. The number of carboxylic acids is 2. The van der Waals surface area contributed by atoms with Gasteiger partial charge in [-0.25, -0.2) is 0 Å². The molecule has 2 unspecified atom stereocenters. The fraction of sp³-hybridized carbons (Fsp3) is 0.278.